The van der Waals surface area contributed by atoms with E-state index < -0.39 is 0 Å². The SMILES string of the molecule is CCc1nccn1CCNC(=O)Nc1cc(-c2nnc(C)o2)ccc1OC. The van der Waals surface area contributed by atoms with Gasteiger partial charge in [-0.2, -0.15) is 0 Å². The molecule has 0 aliphatic rings. The summed E-state index contributed by atoms with van der Waals surface area (Å²) in [6.45, 7) is 4.88. The number of rotatable bonds is 7. The fourth-order valence-electron chi connectivity index (χ4n) is 2.67. The number of amides is 2. The van der Waals surface area contributed by atoms with E-state index in [0.717, 1.165) is 12.2 Å². The summed E-state index contributed by atoms with van der Waals surface area (Å²) in [7, 11) is 1.54. The maximum atomic E-state index is 12.3. The number of anilines is 1. The average Bonchev–Trinajstić information content (AvgIpc) is 3.30. The molecule has 142 valence electrons. The molecule has 3 aromatic rings. The van der Waals surface area contributed by atoms with E-state index in [2.05, 4.69) is 25.8 Å². The molecule has 0 radical (unpaired) electrons. The van der Waals surface area contributed by atoms with Crippen LogP contribution in [-0.4, -0.2) is 39.4 Å². The lowest BCUT2D eigenvalue weighted by Gasteiger charge is -2.12. The summed E-state index contributed by atoms with van der Waals surface area (Å²) in [5.41, 5.74) is 1.21. The molecule has 0 aliphatic heterocycles. The lowest BCUT2D eigenvalue weighted by atomic mass is 10.2. The van der Waals surface area contributed by atoms with E-state index in [0.29, 0.717) is 41.9 Å². The number of carbonyl (C=O) groups is 1. The number of nitrogens with one attached hydrogen (secondary N) is 2. The van der Waals surface area contributed by atoms with Crippen LogP contribution in [-0.2, 0) is 13.0 Å². The largest absolute Gasteiger partial charge is 0.495 e. The van der Waals surface area contributed by atoms with Gasteiger partial charge in [-0.25, -0.2) is 9.78 Å². The Hall–Kier alpha value is -3.36. The second kappa shape index (κ2) is 8.35. The van der Waals surface area contributed by atoms with Gasteiger partial charge in [0.2, 0.25) is 11.8 Å². The number of aromatic nitrogens is 4. The van der Waals surface area contributed by atoms with Gasteiger partial charge >= 0.3 is 6.03 Å². The molecule has 2 amide bonds. The number of hydrogen-bond acceptors (Lipinski definition) is 6. The Morgan fingerprint density at radius 1 is 1.33 bits per heavy atom. The van der Waals surface area contributed by atoms with Crippen molar-refractivity contribution < 1.29 is 13.9 Å². The highest BCUT2D eigenvalue weighted by atomic mass is 16.5. The first-order valence-electron chi connectivity index (χ1n) is 8.64. The third kappa shape index (κ3) is 4.43. The quantitative estimate of drug-likeness (QED) is 0.662. The van der Waals surface area contributed by atoms with Gasteiger partial charge in [-0.3, -0.25) is 0 Å². The average molecular weight is 370 g/mol. The summed E-state index contributed by atoms with van der Waals surface area (Å²) in [5, 5.41) is 13.4. The molecule has 0 atom stereocenters. The van der Waals surface area contributed by atoms with Gasteiger partial charge in [0.25, 0.3) is 0 Å². The molecule has 2 N–H and O–H groups in total. The van der Waals surface area contributed by atoms with Crippen molar-refractivity contribution in [3.05, 3.63) is 42.3 Å². The number of urea groups is 1. The van der Waals surface area contributed by atoms with Crippen molar-refractivity contribution in [1.82, 2.24) is 25.1 Å². The fourth-order valence-corrected chi connectivity index (χ4v) is 2.67. The molecule has 0 spiro atoms. The molecule has 0 saturated heterocycles. The van der Waals surface area contributed by atoms with Crippen LogP contribution in [0, 0.1) is 6.92 Å². The summed E-state index contributed by atoms with van der Waals surface area (Å²) < 4.78 is 12.8. The van der Waals surface area contributed by atoms with E-state index in [-0.39, 0.29) is 6.03 Å². The minimum atomic E-state index is -0.328. The van der Waals surface area contributed by atoms with Crippen LogP contribution >= 0.6 is 0 Å². The van der Waals surface area contributed by atoms with Crippen LogP contribution in [0.1, 0.15) is 18.6 Å². The number of hydrogen-bond donors (Lipinski definition) is 2. The lowest BCUT2D eigenvalue weighted by Crippen LogP contribution is -2.31. The summed E-state index contributed by atoms with van der Waals surface area (Å²) in [5.74, 6) is 2.37. The summed E-state index contributed by atoms with van der Waals surface area (Å²) in [6, 6.07) is 4.94. The van der Waals surface area contributed by atoms with Crippen LogP contribution < -0.4 is 15.4 Å². The Kier molecular flexibility index (Phi) is 5.70. The van der Waals surface area contributed by atoms with E-state index >= 15 is 0 Å². The van der Waals surface area contributed by atoms with Crippen molar-refractivity contribution in [3.63, 3.8) is 0 Å². The number of imidazole rings is 1. The lowest BCUT2D eigenvalue weighted by molar-refractivity contribution is 0.251. The maximum absolute atomic E-state index is 12.3. The molecule has 0 bridgehead atoms. The number of aryl methyl sites for hydroxylation is 2. The van der Waals surface area contributed by atoms with Gasteiger partial charge < -0.3 is 24.4 Å². The van der Waals surface area contributed by atoms with Crippen molar-refractivity contribution >= 4 is 11.7 Å². The summed E-state index contributed by atoms with van der Waals surface area (Å²) in [4.78, 5) is 16.5. The highest BCUT2D eigenvalue weighted by Crippen LogP contribution is 2.30. The molecule has 2 aromatic heterocycles. The van der Waals surface area contributed by atoms with Gasteiger partial charge in [0.05, 0.1) is 12.8 Å². The van der Waals surface area contributed by atoms with Crippen LogP contribution in [0.5, 0.6) is 5.75 Å². The number of ether oxygens (including phenoxy) is 1. The zero-order chi connectivity index (χ0) is 19.2. The third-order valence-electron chi connectivity index (χ3n) is 3.98. The highest BCUT2D eigenvalue weighted by Gasteiger charge is 2.12. The minimum Gasteiger partial charge on any atom is -0.495 e. The first-order valence-corrected chi connectivity index (χ1v) is 8.64. The number of nitrogens with zero attached hydrogens (tertiary/aromatic N) is 4. The second-order valence-electron chi connectivity index (χ2n) is 5.81. The highest BCUT2D eigenvalue weighted by molar-refractivity contribution is 5.91. The zero-order valence-electron chi connectivity index (χ0n) is 15.5. The standard InChI is InChI=1S/C18H22N6O3/c1-4-16-19-7-9-24(16)10-8-20-18(25)21-14-11-13(5-6-15(14)26-3)17-23-22-12(2)27-17/h5-7,9,11H,4,8,10H2,1-3H3,(H2,20,21,25). The molecule has 9 nitrogen and oxygen atoms in total. The Morgan fingerprint density at radius 3 is 2.89 bits per heavy atom. The molecular weight excluding hydrogens is 348 g/mol. The van der Waals surface area contributed by atoms with Gasteiger partial charge in [-0.15, -0.1) is 10.2 Å². The normalized spacial score (nSPS) is 10.6. The predicted octanol–water partition coefficient (Wildman–Crippen LogP) is 2.63. The molecule has 0 unspecified atom stereocenters. The zero-order valence-corrected chi connectivity index (χ0v) is 15.5. The predicted molar refractivity (Wildman–Crippen MR) is 99.6 cm³/mol. The topological polar surface area (TPSA) is 107 Å². The molecule has 0 aliphatic carbocycles. The molecule has 2 heterocycles. The van der Waals surface area contributed by atoms with Gasteiger partial charge in [0, 0.05) is 44.4 Å². The van der Waals surface area contributed by atoms with Crippen LogP contribution in [0.25, 0.3) is 11.5 Å². The van der Waals surface area contributed by atoms with Crippen LogP contribution in [0.15, 0.2) is 35.0 Å². The molecule has 0 saturated carbocycles. The van der Waals surface area contributed by atoms with Crippen molar-refractivity contribution in [2.75, 3.05) is 19.0 Å². The minimum absolute atomic E-state index is 0.328. The molecule has 1 aromatic carbocycles. The van der Waals surface area contributed by atoms with E-state index in [1.165, 1.54) is 0 Å². The first kappa shape index (κ1) is 18.4. The van der Waals surface area contributed by atoms with Gasteiger partial charge in [-0.1, -0.05) is 6.92 Å². The second-order valence-corrected chi connectivity index (χ2v) is 5.81. The Balaban J connectivity index is 1.64. The van der Waals surface area contributed by atoms with Crippen molar-refractivity contribution in [3.8, 4) is 17.2 Å². The van der Waals surface area contributed by atoms with Gasteiger partial charge in [0.1, 0.15) is 11.6 Å². The summed E-state index contributed by atoms with van der Waals surface area (Å²) >= 11 is 0. The summed E-state index contributed by atoms with van der Waals surface area (Å²) in [6.07, 6.45) is 4.50. The number of carbonyl (C=O) groups excluding carboxylic acids is 1. The molecule has 0 fully saturated rings. The molecule has 9 heteroatoms. The van der Waals surface area contributed by atoms with E-state index in [4.69, 9.17) is 9.15 Å². The van der Waals surface area contributed by atoms with Crippen LogP contribution in [0.4, 0.5) is 10.5 Å². The Bertz CT molecular complexity index is 917. The molecule has 27 heavy (non-hydrogen) atoms. The van der Waals surface area contributed by atoms with E-state index in [9.17, 15) is 4.79 Å². The van der Waals surface area contributed by atoms with E-state index in [1.807, 2.05) is 17.7 Å². The fraction of sp³-hybridized carbons (Fsp3) is 0.333. The smallest absolute Gasteiger partial charge is 0.319 e. The van der Waals surface area contributed by atoms with Crippen LogP contribution in [0.2, 0.25) is 0 Å². The molecule has 3 rings (SSSR count). The van der Waals surface area contributed by atoms with Crippen LogP contribution in [0.3, 0.4) is 0 Å². The van der Waals surface area contributed by atoms with Crippen molar-refractivity contribution in [2.45, 2.75) is 26.8 Å². The van der Waals surface area contributed by atoms with Gasteiger partial charge in [0.15, 0.2) is 0 Å². The van der Waals surface area contributed by atoms with Crippen molar-refractivity contribution in [1.29, 1.82) is 0 Å². The first-order chi connectivity index (χ1) is 13.1. The monoisotopic (exact) mass is 370 g/mol. The Labute approximate surface area is 156 Å². The maximum Gasteiger partial charge on any atom is 0.319 e. The van der Waals surface area contributed by atoms with Gasteiger partial charge in [-0.05, 0) is 18.2 Å². The third-order valence-corrected chi connectivity index (χ3v) is 3.98. The van der Waals surface area contributed by atoms with Crippen molar-refractivity contribution in [2.24, 2.45) is 0 Å². The van der Waals surface area contributed by atoms with E-state index in [1.54, 1.807) is 38.4 Å². The molecular formula is C18H22N6O3. The number of benzene rings is 1. The Morgan fingerprint density at radius 2 is 2.19 bits per heavy atom. The number of methoxy groups -OCH3 is 1.